The molecule has 1 rings (SSSR count). The van der Waals surface area contributed by atoms with Gasteiger partial charge < -0.3 is 14.2 Å². The standard InChI is InChI=1S/C22H32ClN3O8/c1-14(2)32-17(27)22(26(30)31,13-15-10-9-11-16(23)12-15)25(19(29)34-21(6,7)8)24-18(28)33-20(3,4)5/h9-12,14H,13H2,1-8H3,(H,24,28). The van der Waals surface area contributed by atoms with Gasteiger partial charge in [0.2, 0.25) is 0 Å². The molecule has 0 aliphatic heterocycles. The second kappa shape index (κ2) is 10.9. The van der Waals surface area contributed by atoms with Crippen LogP contribution in [0.4, 0.5) is 9.59 Å². The third-order valence-corrected chi connectivity index (χ3v) is 4.09. The van der Waals surface area contributed by atoms with Crippen LogP contribution in [0.1, 0.15) is 61.0 Å². The first-order chi connectivity index (χ1) is 15.4. The lowest BCUT2D eigenvalue weighted by atomic mass is 9.99. The van der Waals surface area contributed by atoms with Crippen molar-refractivity contribution < 1.29 is 33.5 Å². The molecular weight excluding hydrogens is 470 g/mol. The fourth-order valence-electron chi connectivity index (χ4n) is 2.69. The van der Waals surface area contributed by atoms with E-state index in [9.17, 15) is 24.5 Å². The van der Waals surface area contributed by atoms with E-state index in [1.807, 2.05) is 5.43 Å². The second-order valence-corrected chi connectivity index (χ2v) is 10.2. The SMILES string of the molecule is CC(C)OC(=O)C(Cc1cccc(Cl)c1)(N(NC(=O)OC(C)(C)C)C(=O)OC(C)(C)C)[N+](=O)[O-]. The number of nitrogens with zero attached hydrogens (tertiary/aromatic N) is 2. The van der Waals surface area contributed by atoms with Crippen LogP contribution in [-0.2, 0) is 25.4 Å². The Kier molecular flexibility index (Phi) is 9.28. The number of hydrogen-bond acceptors (Lipinski definition) is 8. The maximum absolute atomic E-state index is 13.2. The highest BCUT2D eigenvalue weighted by atomic mass is 35.5. The molecule has 0 heterocycles. The molecule has 34 heavy (non-hydrogen) atoms. The van der Waals surface area contributed by atoms with Gasteiger partial charge in [-0.1, -0.05) is 23.7 Å². The summed E-state index contributed by atoms with van der Waals surface area (Å²) in [6.07, 6.45) is -4.04. The molecule has 0 aromatic heterocycles. The summed E-state index contributed by atoms with van der Waals surface area (Å²) in [6, 6.07) is 5.93. The van der Waals surface area contributed by atoms with E-state index in [4.69, 9.17) is 25.8 Å². The molecule has 1 unspecified atom stereocenters. The molecule has 1 N–H and O–H groups in total. The van der Waals surface area contributed by atoms with Gasteiger partial charge in [-0.2, -0.15) is 0 Å². The molecule has 12 heteroatoms. The molecule has 0 aliphatic rings. The van der Waals surface area contributed by atoms with Gasteiger partial charge in [0.1, 0.15) is 11.2 Å². The van der Waals surface area contributed by atoms with E-state index in [2.05, 4.69) is 0 Å². The first-order valence-corrected chi connectivity index (χ1v) is 10.9. The van der Waals surface area contributed by atoms with Gasteiger partial charge in [0, 0.05) is 5.02 Å². The summed E-state index contributed by atoms with van der Waals surface area (Å²) in [6.45, 7) is 12.2. The summed E-state index contributed by atoms with van der Waals surface area (Å²) >= 11 is 6.02. The summed E-state index contributed by atoms with van der Waals surface area (Å²) in [7, 11) is 0. The number of ether oxygens (including phenoxy) is 3. The van der Waals surface area contributed by atoms with Gasteiger partial charge >= 0.3 is 23.8 Å². The van der Waals surface area contributed by atoms with E-state index < -0.39 is 52.5 Å². The van der Waals surface area contributed by atoms with Crippen molar-refractivity contribution in [3.05, 3.63) is 45.0 Å². The van der Waals surface area contributed by atoms with Crippen LogP contribution in [0.3, 0.4) is 0 Å². The minimum absolute atomic E-state index is 0.206. The number of halogens is 1. The van der Waals surface area contributed by atoms with Crippen LogP contribution in [0.15, 0.2) is 24.3 Å². The van der Waals surface area contributed by atoms with Crippen LogP contribution in [-0.4, -0.2) is 51.1 Å². The molecule has 0 radical (unpaired) electrons. The quantitative estimate of drug-likeness (QED) is 0.198. The molecule has 0 spiro atoms. The average Bonchev–Trinajstić information content (AvgIpc) is 2.60. The maximum Gasteiger partial charge on any atom is 0.435 e. The Morgan fingerprint density at radius 2 is 1.65 bits per heavy atom. The highest BCUT2D eigenvalue weighted by molar-refractivity contribution is 6.30. The Morgan fingerprint density at radius 3 is 2.09 bits per heavy atom. The highest BCUT2D eigenvalue weighted by Gasteiger charge is 2.63. The average molecular weight is 502 g/mol. The molecule has 0 saturated carbocycles. The minimum atomic E-state index is -2.95. The van der Waals surface area contributed by atoms with Crippen LogP contribution in [0.25, 0.3) is 0 Å². The smallest absolute Gasteiger partial charge is 0.435 e. The Balaban J connectivity index is 3.74. The lowest BCUT2D eigenvalue weighted by Crippen LogP contribution is -2.70. The van der Waals surface area contributed by atoms with E-state index in [1.54, 1.807) is 20.8 Å². The van der Waals surface area contributed by atoms with Crippen LogP contribution < -0.4 is 5.43 Å². The summed E-state index contributed by atoms with van der Waals surface area (Å²) in [5.41, 5.74) is -2.82. The molecule has 0 fully saturated rings. The Labute approximate surface area is 203 Å². The number of esters is 1. The highest BCUT2D eigenvalue weighted by Crippen LogP contribution is 2.27. The molecule has 1 atom stereocenters. The zero-order valence-corrected chi connectivity index (χ0v) is 21.4. The molecule has 1 aromatic rings. The van der Waals surface area contributed by atoms with Crippen LogP contribution >= 0.6 is 11.6 Å². The number of hydrazine groups is 1. The molecule has 0 aliphatic carbocycles. The van der Waals surface area contributed by atoms with E-state index in [0.29, 0.717) is 0 Å². The van der Waals surface area contributed by atoms with Crippen LogP contribution in [0.5, 0.6) is 0 Å². The number of amides is 2. The Hall–Kier alpha value is -3.08. The zero-order chi connectivity index (χ0) is 26.5. The van der Waals surface area contributed by atoms with Crippen molar-refractivity contribution in [1.82, 2.24) is 10.4 Å². The number of carbonyl (C=O) groups excluding carboxylic acids is 3. The first-order valence-electron chi connectivity index (χ1n) is 10.5. The Morgan fingerprint density at radius 1 is 1.09 bits per heavy atom. The summed E-state index contributed by atoms with van der Waals surface area (Å²) in [4.78, 5) is 50.5. The molecule has 1 aromatic carbocycles. The number of carbonyl (C=O) groups is 3. The fraction of sp³-hybridized carbons (Fsp3) is 0.591. The van der Waals surface area contributed by atoms with E-state index in [0.717, 1.165) is 0 Å². The second-order valence-electron chi connectivity index (χ2n) is 9.76. The van der Waals surface area contributed by atoms with Gasteiger partial charge in [0.15, 0.2) is 0 Å². The van der Waals surface area contributed by atoms with Gasteiger partial charge in [0.05, 0.1) is 17.4 Å². The van der Waals surface area contributed by atoms with Crippen molar-refractivity contribution in [3.63, 3.8) is 0 Å². The van der Waals surface area contributed by atoms with Crippen molar-refractivity contribution in [2.75, 3.05) is 0 Å². The molecule has 2 amide bonds. The van der Waals surface area contributed by atoms with E-state index >= 15 is 0 Å². The van der Waals surface area contributed by atoms with Crippen molar-refractivity contribution in [1.29, 1.82) is 0 Å². The largest absolute Gasteiger partial charge is 0.456 e. The van der Waals surface area contributed by atoms with Gasteiger partial charge in [-0.3, -0.25) is 10.1 Å². The van der Waals surface area contributed by atoms with Crippen LogP contribution in [0, 0.1) is 10.1 Å². The van der Waals surface area contributed by atoms with Crippen molar-refractivity contribution in [3.8, 4) is 0 Å². The van der Waals surface area contributed by atoms with Crippen LogP contribution in [0.2, 0.25) is 5.02 Å². The van der Waals surface area contributed by atoms with Crippen molar-refractivity contribution >= 4 is 29.8 Å². The molecule has 0 saturated heterocycles. The van der Waals surface area contributed by atoms with Gasteiger partial charge in [-0.15, -0.1) is 5.01 Å². The number of hydrogen-bond donors (Lipinski definition) is 1. The minimum Gasteiger partial charge on any atom is -0.456 e. The van der Waals surface area contributed by atoms with Crippen molar-refractivity contribution in [2.24, 2.45) is 0 Å². The van der Waals surface area contributed by atoms with Gasteiger partial charge in [-0.25, -0.2) is 19.8 Å². The van der Waals surface area contributed by atoms with E-state index in [-0.39, 0.29) is 15.6 Å². The molecule has 190 valence electrons. The van der Waals surface area contributed by atoms with Crippen molar-refractivity contribution in [2.45, 2.75) is 84.8 Å². The maximum atomic E-state index is 13.2. The molecule has 11 nitrogen and oxygen atoms in total. The number of nitro groups is 1. The third-order valence-electron chi connectivity index (χ3n) is 3.86. The topological polar surface area (TPSA) is 137 Å². The monoisotopic (exact) mass is 501 g/mol. The molecule has 0 bridgehead atoms. The lowest BCUT2D eigenvalue weighted by Gasteiger charge is -2.35. The molecular formula is C22H32ClN3O8. The first kappa shape index (κ1) is 29.0. The predicted octanol–water partition coefficient (Wildman–Crippen LogP) is 4.48. The number of rotatable bonds is 6. The summed E-state index contributed by atoms with van der Waals surface area (Å²) in [5, 5.41) is 13.0. The fourth-order valence-corrected chi connectivity index (χ4v) is 2.91. The third kappa shape index (κ3) is 8.36. The van der Waals surface area contributed by atoms with Gasteiger partial charge in [0.25, 0.3) is 0 Å². The van der Waals surface area contributed by atoms with E-state index in [1.165, 1.54) is 58.9 Å². The van der Waals surface area contributed by atoms with Gasteiger partial charge in [-0.05, 0) is 73.1 Å². The number of benzene rings is 1. The normalized spacial score (nSPS) is 13.5. The lowest BCUT2D eigenvalue weighted by molar-refractivity contribution is -0.584. The zero-order valence-electron chi connectivity index (χ0n) is 20.6. The Bertz CT molecular complexity index is 923. The summed E-state index contributed by atoms with van der Waals surface area (Å²) < 4.78 is 15.6. The predicted molar refractivity (Wildman–Crippen MR) is 124 cm³/mol. The summed E-state index contributed by atoms with van der Waals surface area (Å²) in [5.74, 6) is -1.39. The number of nitrogens with one attached hydrogen (secondary N) is 1.